The number of rotatable bonds is 2. The van der Waals surface area contributed by atoms with Crippen molar-refractivity contribution in [3.63, 3.8) is 0 Å². The second-order valence-electron chi connectivity index (χ2n) is 6.20. The molecule has 1 aliphatic rings. The molecule has 0 radical (unpaired) electrons. The first-order valence-electron chi connectivity index (χ1n) is 6.70. The molecule has 2 heterocycles. The van der Waals surface area contributed by atoms with Crippen LogP contribution in [0.3, 0.4) is 0 Å². The van der Waals surface area contributed by atoms with E-state index in [0.29, 0.717) is 0 Å². The quantitative estimate of drug-likeness (QED) is 0.832. The molecule has 0 saturated carbocycles. The lowest BCUT2D eigenvalue weighted by atomic mass is 9.98. The minimum Gasteiger partial charge on any atom is -0.304 e. The highest BCUT2D eigenvalue weighted by molar-refractivity contribution is 7.09. The van der Waals surface area contributed by atoms with Crippen molar-refractivity contribution in [3.05, 3.63) is 16.1 Å². The lowest BCUT2D eigenvalue weighted by Crippen LogP contribution is -2.45. The van der Waals surface area contributed by atoms with Crippen molar-refractivity contribution in [1.29, 1.82) is 5.26 Å². The number of likely N-dealkylation sites (N-methyl/N-ethyl adjacent to an activating group) is 1. The van der Waals surface area contributed by atoms with Crippen LogP contribution in [0.2, 0.25) is 0 Å². The summed E-state index contributed by atoms with van der Waals surface area (Å²) in [5, 5.41) is 12.6. The van der Waals surface area contributed by atoms with E-state index in [0.717, 1.165) is 36.9 Å². The summed E-state index contributed by atoms with van der Waals surface area (Å²) in [4.78, 5) is 9.22. The van der Waals surface area contributed by atoms with Gasteiger partial charge in [-0.3, -0.25) is 4.90 Å². The van der Waals surface area contributed by atoms with Crippen LogP contribution in [0.15, 0.2) is 5.38 Å². The zero-order valence-electron chi connectivity index (χ0n) is 12.2. The number of nitriles is 1. The minimum absolute atomic E-state index is 0.0606. The van der Waals surface area contributed by atoms with E-state index in [2.05, 4.69) is 48.7 Å². The van der Waals surface area contributed by atoms with Gasteiger partial charge in [-0.25, -0.2) is 4.98 Å². The van der Waals surface area contributed by atoms with Crippen LogP contribution in [0.25, 0.3) is 0 Å². The summed E-state index contributed by atoms with van der Waals surface area (Å²) >= 11 is 1.67. The number of nitrogens with zero attached hydrogens (tertiary/aromatic N) is 4. The predicted octanol–water partition coefficient (Wildman–Crippen LogP) is 2.25. The molecule has 1 saturated heterocycles. The van der Waals surface area contributed by atoms with Crippen molar-refractivity contribution >= 4 is 11.3 Å². The van der Waals surface area contributed by atoms with Crippen LogP contribution in [-0.2, 0) is 5.41 Å². The number of thiazole rings is 1. The summed E-state index contributed by atoms with van der Waals surface area (Å²) in [6.45, 7) is 10.4. The third-order valence-electron chi connectivity index (χ3n) is 3.47. The van der Waals surface area contributed by atoms with Gasteiger partial charge in [0.15, 0.2) is 0 Å². The summed E-state index contributed by atoms with van der Waals surface area (Å²) in [7, 11) is 2.12. The van der Waals surface area contributed by atoms with Crippen LogP contribution >= 0.6 is 11.3 Å². The lowest BCUT2D eigenvalue weighted by Gasteiger charge is -2.34. The van der Waals surface area contributed by atoms with E-state index >= 15 is 0 Å². The molecule has 1 aromatic heterocycles. The zero-order valence-corrected chi connectivity index (χ0v) is 13.0. The minimum atomic E-state index is -0.193. The fourth-order valence-electron chi connectivity index (χ4n) is 2.17. The lowest BCUT2D eigenvalue weighted by molar-refractivity contribution is 0.131. The Balaban J connectivity index is 2.14. The highest BCUT2D eigenvalue weighted by atomic mass is 32.1. The molecule has 104 valence electrons. The molecule has 1 fully saturated rings. The van der Waals surface area contributed by atoms with Crippen LogP contribution in [-0.4, -0.2) is 48.0 Å². The Morgan fingerprint density at radius 1 is 1.32 bits per heavy atom. The highest BCUT2D eigenvalue weighted by Gasteiger charge is 2.27. The summed E-state index contributed by atoms with van der Waals surface area (Å²) < 4.78 is 0. The van der Waals surface area contributed by atoms with E-state index in [1.54, 1.807) is 11.3 Å². The second-order valence-corrected chi connectivity index (χ2v) is 7.06. The Morgan fingerprint density at radius 2 is 1.95 bits per heavy atom. The van der Waals surface area contributed by atoms with E-state index in [-0.39, 0.29) is 11.5 Å². The molecule has 0 amide bonds. The third-order valence-corrected chi connectivity index (χ3v) is 4.76. The van der Waals surface area contributed by atoms with Crippen LogP contribution in [0.1, 0.15) is 37.5 Å². The standard InChI is InChI=1S/C14H22N4S/c1-14(2,3)13-16-11(10-19-13)12(9-15)18-7-5-17(4)6-8-18/h10,12H,5-8H2,1-4H3. The first-order chi connectivity index (χ1) is 8.91. The molecular weight excluding hydrogens is 256 g/mol. The number of hydrogen-bond acceptors (Lipinski definition) is 5. The Bertz CT molecular complexity index is 461. The van der Waals surface area contributed by atoms with E-state index in [4.69, 9.17) is 0 Å². The normalized spacial score (nSPS) is 20.2. The van der Waals surface area contributed by atoms with Gasteiger partial charge in [-0.1, -0.05) is 20.8 Å². The Labute approximate surface area is 119 Å². The maximum atomic E-state index is 9.47. The van der Waals surface area contributed by atoms with Gasteiger partial charge in [-0.05, 0) is 7.05 Å². The molecule has 0 N–H and O–H groups in total. The first kappa shape index (κ1) is 14.4. The molecule has 0 bridgehead atoms. The molecule has 1 aliphatic heterocycles. The fraction of sp³-hybridized carbons (Fsp3) is 0.714. The van der Waals surface area contributed by atoms with E-state index in [1.165, 1.54) is 0 Å². The van der Waals surface area contributed by atoms with Crippen LogP contribution in [0.5, 0.6) is 0 Å². The molecule has 0 aromatic carbocycles. The molecule has 1 aromatic rings. The third kappa shape index (κ3) is 3.33. The molecule has 19 heavy (non-hydrogen) atoms. The van der Waals surface area contributed by atoms with Gasteiger partial charge in [0.1, 0.15) is 6.04 Å². The monoisotopic (exact) mass is 278 g/mol. The number of aromatic nitrogens is 1. The summed E-state index contributed by atoms with van der Waals surface area (Å²) in [5.74, 6) is 0. The van der Waals surface area contributed by atoms with Crippen molar-refractivity contribution in [2.24, 2.45) is 0 Å². The first-order valence-corrected chi connectivity index (χ1v) is 7.58. The topological polar surface area (TPSA) is 43.2 Å². The molecule has 1 unspecified atom stereocenters. The summed E-state index contributed by atoms with van der Waals surface area (Å²) in [6.07, 6.45) is 0. The fourth-order valence-corrected chi connectivity index (χ4v) is 3.10. The van der Waals surface area contributed by atoms with Crippen LogP contribution < -0.4 is 0 Å². The average Bonchev–Trinajstić information content (AvgIpc) is 2.82. The van der Waals surface area contributed by atoms with Gasteiger partial charge in [0.25, 0.3) is 0 Å². The number of hydrogen-bond donors (Lipinski definition) is 0. The highest BCUT2D eigenvalue weighted by Crippen LogP contribution is 2.29. The smallest absolute Gasteiger partial charge is 0.141 e. The zero-order chi connectivity index (χ0) is 14.0. The molecule has 0 spiro atoms. The van der Waals surface area contributed by atoms with Crippen molar-refractivity contribution < 1.29 is 0 Å². The van der Waals surface area contributed by atoms with E-state index < -0.39 is 0 Å². The maximum absolute atomic E-state index is 9.47. The van der Waals surface area contributed by atoms with Crippen molar-refractivity contribution in [2.45, 2.75) is 32.2 Å². The molecule has 2 rings (SSSR count). The van der Waals surface area contributed by atoms with Gasteiger partial charge >= 0.3 is 0 Å². The Morgan fingerprint density at radius 3 is 2.42 bits per heavy atom. The maximum Gasteiger partial charge on any atom is 0.141 e. The predicted molar refractivity (Wildman–Crippen MR) is 78.2 cm³/mol. The SMILES string of the molecule is CN1CCN(C(C#N)c2csc(C(C)(C)C)n2)CC1. The molecule has 0 aliphatic carbocycles. The van der Waals surface area contributed by atoms with Crippen molar-refractivity contribution in [3.8, 4) is 6.07 Å². The molecule has 5 heteroatoms. The molecule has 1 atom stereocenters. The van der Waals surface area contributed by atoms with Crippen LogP contribution in [0, 0.1) is 11.3 Å². The van der Waals surface area contributed by atoms with Gasteiger partial charge in [0.05, 0.1) is 16.8 Å². The second kappa shape index (κ2) is 5.58. The van der Waals surface area contributed by atoms with Gasteiger partial charge < -0.3 is 4.90 Å². The van der Waals surface area contributed by atoms with Crippen LogP contribution in [0.4, 0.5) is 0 Å². The molecule has 4 nitrogen and oxygen atoms in total. The van der Waals surface area contributed by atoms with Gasteiger partial charge in [-0.15, -0.1) is 11.3 Å². The Kier molecular flexibility index (Phi) is 4.24. The van der Waals surface area contributed by atoms with Crippen molar-refractivity contribution in [1.82, 2.24) is 14.8 Å². The van der Waals surface area contributed by atoms with E-state index in [1.807, 2.05) is 5.38 Å². The van der Waals surface area contributed by atoms with Gasteiger partial charge in [-0.2, -0.15) is 5.26 Å². The largest absolute Gasteiger partial charge is 0.304 e. The van der Waals surface area contributed by atoms with E-state index in [9.17, 15) is 5.26 Å². The van der Waals surface area contributed by atoms with Crippen molar-refractivity contribution in [2.75, 3.05) is 33.2 Å². The number of piperazine rings is 1. The Hall–Kier alpha value is -0.960. The van der Waals surface area contributed by atoms with Gasteiger partial charge in [0.2, 0.25) is 0 Å². The van der Waals surface area contributed by atoms with Gasteiger partial charge in [0, 0.05) is 37.0 Å². The molecular formula is C14H22N4S. The summed E-state index contributed by atoms with van der Waals surface area (Å²) in [5.41, 5.74) is 0.979. The summed E-state index contributed by atoms with van der Waals surface area (Å²) in [6, 6.07) is 2.23. The average molecular weight is 278 g/mol.